The van der Waals surface area contributed by atoms with Crippen molar-refractivity contribution in [1.29, 1.82) is 0 Å². The number of hydrogen-bond donors (Lipinski definition) is 12. The number of carbonyl (C=O) groups is 2. The van der Waals surface area contributed by atoms with E-state index >= 15 is 0 Å². The van der Waals surface area contributed by atoms with Gasteiger partial charge in [-0.1, -0.05) is 0 Å². The molecule has 1 aromatic heterocycles. The molecule has 3 fully saturated rings. The standard InChI is InChI=1S/C38H46O24/c1-12-25(43)29(47)32(50)36(57-12)56-11-22-28(46)31(49)34(52)38(62-22)60-20-8-15-16(58-35(20)13-4-18(53-2)26(44)19(5-13)54-3)6-14(39)7-17(15)59-37-33(51)30(48)27(45)21(61-37)10-55-24(42)9-23(40)41/h4-8,12,21-22,25,27-34,36-38,43,45-52H,9-11H2,1-3H3,(H2-,39,40,41,44)/p+1/t12-,21+,22+,25-,27+,28+,29+,30-,31-,32+,33+,34+,36+,37+,38+/m0/s1. The topological polar surface area (TPSA) is 371 Å². The number of methoxy groups -OCH3 is 2. The van der Waals surface area contributed by atoms with Gasteiger partial charge in [0, 0.05) is 24.3 Å². The summed E-state index contributed by atoms with van der Waals surface area (Å²) in [6, 6.07) is 5.98. The average Bonchev–Trinajstić information content (AvgIpc) is 3.23. The van der Waals surface area contributed by atoms with Crippen LogP contribution in [0.3, 0.4) is 0 Å². The molecule has 0 unspecified atom stereocenters. The van der Waals surface area contributed by atoms with Crippen molar-refractivity contribution in [3.05, 3.63) is 30.3 Å². The van der Waals surface area contributed by atoms with Crippen molar-refractivity contribution in [2.45, 2.75) is 105 Å². The van der Waals surface area contributed by atoms with E-state index in [0.717, 1.165) is 12.1 Å². The maximum Gasteiger partial charge on any atom is 0.402 e. The Kier molecular flexibility index (Phi) is 14.4. The molecule has 3 saturated heterocycles. The summed E-state index contributed by atoms with van der Waals surface area (Å²) in [5, 5.41) is 126. The second-order valence-electron chi connectivity index (χ2n) is 14.6. The zero-order valence-electron chi connectivity index (χ0n) is 32.9. The van der Waals surface area contributed by atoms with Crippen LogP contribution in [-0.4, -0.2) is 193 Å². The number of aliphatic hydroxyl groups is 9. The lowest BCUT2D eigenvalue weighted by atomic mass is 9.98. The van der Waals surface area contributed by atoms with E-state index < -0.39 is 135 Å². The fourth-order valence-electron chi connectivity index (χ4n) is 6.83. The van der Waals surface area contributed by atoms with Gasteiger partial charge in [-0.25, -0.2) is 4.42 Å². The number of aliphatic hydroxyl groups excluding tert-OH is 9. The van der Waals surface area contributed by atoms with Crippen LogP contribution < -0.4 is 18.9 Å². The second-order valence-corrected chi connectivity index (χ2v) is 14.6. The minimum absolute atomic E-state index is 0.0757. The fourth-order valence-corrected chi connectivity index (χ4v) is 6.83. The van der Waals surface area contributed by atoms with Crippen LogP contribution in [0.2, 0.25) is 0 Å². The van der Waals surface area contributed by atoms with Crippen LogP contribution in [0.4, 0.5) is 0 Å². The Balaban J connectivity index is 1.36. The molecule has 0 radical (unpaired) electrons. The normalized spacial score (nSPS) is 33.7. The van der Waals surface area contributed by atoms with Crippen LogP contribution >= 0.6 is 0 Å². The van der Waals surface area contributed by atoms with Crippen LogP contribution in [0.25, 0.3) is 22.3 Å². The number of carboxylic acid groups (broad SMARTS) is 1. The fraction of sp³-hybridized carbons (Fsp3) is 0.553. The van der Waals surface area contributed by atoms with Crippen LogP contribution in [0.1, 0.15) is 13.3 Å². The number of carboxylic acids is 1. The quantitative estimate of drug-likeness (QED) is 0.0437. The molecule has 4 heterocycles. The van der Waals surface area contributed by atoms with E-state index in [1.54, 1.807) is 0 Å². The predicted octanol–water partition coefficient (Wildman–Crippen LogP) is -2.96. The van der Waals surface area contributed by atoms with E-state index in [1.165, 1.54) is 39.3 Å². The molecule has 6 rings (SSSR count). The van der Waals surface area contributed by atoms with Crippen molar-refractivity contribution >= 4 is 22.9 Å². The summed E-state index contributed by atoms with van der Waals surface area (Å²) >= 11 is 0. The molecule has 3 aliphatic rings. The number of fused-ring (bicyclic) bond motifs is 1. The minimum Gasteiger partial charge on any atom is -0.507 e. The molecular formula is C38H47O24+. The number of phenols is 2. The molecule has 3 aliphatic heterocycles. The molecule has 3 aromatic rings. The molecule has 12 N–H and O–H groups in total. The van der Waals surface area contributed by atoms with Crippen molar-refractivity contribution in [3.63, 3.8) is 0 Å². The third kappa shape index (κ3) is 9.66. The maximum absolute atomic E-state index is 11.9. The summed E-state index contributed by atoms with van der Waals surface area (Å²) in [5.74, 6) is -4.72. The number of rotatable bonds is 14. The van der Waals surface area contributed by atoms with E-state index in [2.05, 4.69) is 0 Å². The Morgan fingerprint density at radius 1 is 0.629 bits per heavy atom. The number of aromatic hydroxyl groups is 2. The first kappa shape index (κ1) is 46.6. The van der Waals surface area contributed by atoms with Gasteiger partial charge < -0.3 is 104 Å². The smallest absolute Gasteiger partial charge is 0.402 e. The lowest BCUT2D eigenvalue weighted by Crippen LogP contribution is -2.61. The molecule has 0 aliphatic carbocycles. The minimum atomic E-state index is -1.99. The van der Waals surface area contributed by atoms with Gasteiger partial charge in [-0.05, 0) is 6.92 Å². The van der Waals surface area contributed by atoms with E-state index in [-0.39, 0.29) is 45.3 Å². The number of carbonyl (C=O) groups excluding carboxylic acids is 1. The van der Waals surface area contributed by atoms with Crippen molar-refractivity contribution in [2.75, 3.05) is 27.4 Å². The summed E-state index contributed by atoms with van der Waals surface area (Å²) in [6.07, 6.45) is -26.7. The van der Waals surface area contributed by atoms with Gasteiger partial charge in [-0.15, -0.1) is 0 Å². The third-order valence-corrected chi connectivity index (χ3v) is 10.3. The molecule has 0 saturated carbocycles. The summed E-state index contributed by atoms with van der Waals surface area (Å²) in [6.45, 7) is 0.00316. The van der Waals surface area contributed by atoms with Gasteiger partial charge in [-0.3, -0.25) is 9.59 Å². The van der Waals surface area contributed by atoms with Crippen LogP contribution in [0.5, 0.6) is 34.5 Å². The maximum atomic E-state index is 11.9. The lowest BCUT2D eigenvalue weighted by molar-refractivity contribution is -0.318. The Bertz CT molecular complexity index is 2040. The number of hydrogen-bond acceptors (Lipinski definition) is 22. The van der Waals surface area contributed by atoms with E-state index in [9.17, 15) is 65.8 Å². The van der Waals surface area contributed by atoms with Crippen molar-refractivity contribution < 1.29 is 118 Å². The lowest BCUT2D eigenvalue weighted by Gasteiger charge is -2.42. The molecule has 0 spiro atoms. The number of phenolic OH excluding ortho intramolecular Hbond substituents is 2. The van der Waals surface area contributed by atoms with Gasteiger partial charge in [-0.2, -0.15) is 0 Å². The van der Waals surface area contributed by atoms with Crippen LogP contribution in [-0.2, 0) is 33.3 Å². The molecule has 62 heavy (non-hydrogen) atoms. The molecule has 2 aromatic carbocycles. The highest BCUT2D eigenvalue weighted by Crippen LogP contribution is 2.46. The van der Waals surface area contributed by atoms with Gasteiger partial charge in [0.2, 0.25) is 24.1 Å². The van der Waals surface area contributed by atoms with E-state index in [1.807, 2.05) is 0 Å². The molecular weight excluding hydrogens is 840 g/mol. The molecule has 0 bridgehead atoms. The summed E-state index contributed by atoms with van der Waals surface area (Å²) in [4.78, 5) is 22.8. The highest BCUT2D eigenvalue weighted by Gasteiger charge is 2.49. The van der Waals surface area contributed by atoms with Gasteiger partial charge in [0.05, 0.1) is 38.6 Å². The third-order valence-electron chi connectivity index (χ3n) is 10.3. The predicted molar refractivity (Wildman–Crippen MR) is 199 cm³/mol. The van der Waals surface area contributed by atoms with E-state index in [0.29, 0.717) is 0 Å². The Morgan fingerprint density at radius 2 is 1.16 bits per heavy atom. The number of esters is 1. The van der Waals surface area contributed by atoms with Gasteiger partial charge in [0.1, 0.15) is 97.1 Å². The zero-order valence-corrected chi connectivity index (χ0v) is 32.9. The average molecular weight is 888 g/mol. The Hall–Kier alpha value is -4.93. The monoisotopic (exact) mass is 887 g/mol. The first-order valence-electron chi connectivity index (χ1n) is 18.8. The van der Waals surface area contributed by atoms with Crippen molar-refractivity contribution in [3.8, 4) is 45.8 Å². The van der Waals surface area contributed by atoms with Crippen molar-refractivity contribution in [2.24, 2.45) is 0 Å². The second kappa shape index (κ2) is 19.2. The van der Waals surface area contributed by atoms with Crippen molar-refractivity contribution in [1.82, 2.24) is 0 Å². The highest BCUT2D eigenvalue weighted by molar-refractivity contribution is 5.90. The first-order chi connectivity index (χ1) is 29.3. The SMILES string of the molecule is COc1cc(-c2[o+]c3cc(O)cc(O[C@@H]4O[C@H](COC(=O)CC(=O)O)[C@@H](O)[C@H](O)[C@H]4O)c3cc2O[C@@H]2O[C@H](CO[C@@H]3O[C@@H](C)[C@H](O)[C@@H](O)[C@H]3O)[C@@H](O)[C@H](O)[C@H]2O)cc(OC)c1O. The largest absolute Gasteiger partial charge is 0.507 e. The number of benzene rings is 2. The van der Waals surface area contributed by atoms with Gasteiger partial charge in [0.25, 0.3) is 0 Å². The van der Waals surface area contributed by atoms with Gasteiger partial charge in [0.15, 0.2) is 17.8 Å². The Labute approximate surface area is 349 Å². The number of ether oxygens (including phenoxy) is 9. The summed E-state index contributed by atoms with van der Waals surface area (Å²) < 4.78 is 56.1. The molecule has 15 atom stereocenters. The summed E-state index contributed by atoms with van der Waals surface area (Å²) in [5.41, 5.74) is -0.0930. The molecule has 24 heteroatoms. The molecule has 0 amide bonds. The van der Waals surface area contributed by atoms with E-state index in [4.69, 9.17) is 52.2 Å². The van der Waals surface area contributed by atoms with Gasteiger partial charge >= 0.3 is 23.3 Å². The van der Waals surface area contributed by atoms with Crippen LogP contribution in [0, 0.1) is 0 Å². The Morgan fingerprint density at radius 3 is 1.73 bits per heavy atom. The zero-order chi connectivity index (χ0) is 45.3. The highest BCUT2D eigenvalue weighted by atomic mass is 16.7. The summed E-state index contributed by atoms with van der Waals surface area (Å²) in [7, 11) is 2.50. The molecule has 342 valence electrons. The molecule has 24 nitrogen and oxygen atoms in total. The number of aliphatic carboxylic acids is 1. The van der Waals surface area contributed by atoms with Crippen LogP contribution in [0.15, 0.2) is 34.7 Å². The first-order valence-corrected chi connectivity index (χ1v) is 18.8.